The van der Waals surface area contributed by atoms with Gasteiger partial charge in [0.25, 0.3) is 11.6 Å². The second-order valence-electron chi connectivity index (χ2n) is 8.73. The lowest BCUT2D eigenvalue weighted by Crippen LogP contribution is -2.33. The first-order valence-corrected chi connectivity index (χ1v) is 9.27. The molecule has 0 spiro atoms. The molecule has 0 amide bonds. The Hall–Kier alpha value is -2.30. The number of hydrogen-bond acceptors (Lipinski definition) is 4. The molecule has 138 valence electrons. The third kappa shape index (κ3) is 3.00. The van der Waals surface area contributed by atoms with Crippen molar-refractivity contribution in [2.45, 2.75) is 64.0 Å². The lowest BCUT2D eigenvalue weighted by molar-refractivity contribution is 0.143. The highest BCUT2D eigenvalue weighted by atomic mass is 16.6. The van der Waals surface area contributed by atoms with Gasteiger partial charge in [0.2, 0.25) is 0 Å². The van der Waals surface area contributed by atoms with Gasteiger partial charge in [-0.1, -0.05) is 33.8 Å². The van der Waals surface area contributed by atoms with E-state index in [2.05, 4.69) is 50.9 Å². The van der Waals surface area contributed by atoms with Crippen LogP contribution in [0.2, 0.25) is 0 Å². The molecule has 0 N–H and O–H groups in total. The van der Waals surface area contributed by atoms with Crippen LogP contribution in [-0.2, 0) is 17.4 Å². The van der Waals surface area contributed by atoms with E-state index < -0.39 is 0 Å². The average molecular weight is 354 g/mol. The summed E-state index contributed by atoms with van der Waals surface area (Å²) in [5.41, 5.74) is 2.90. The van der Waals surface area contributed by atoms with Gasteiger partial charge in [-0.3, -0.25) is 9.36 Å². The van der Waals surface area contributed by atoms with Crippen LogP contribution in [0.4, 0.5) is 0 Å². The van der Waals surface area contributed by atoms with Gasteiger partial charge in [-0.25, -0.2) is 0 Å². The van der Waals surface area contributed by atoms with Gasteiger partial charge in [0.1, 0.15) is 12.4 Å². The summed E-state index contributed by atoms with van der Waals surface area (Å²) in [5.74, 6) is 0.872. The Bertz CT molecular complexity index is 898. The molecule has 0 fully saturated rings. The smallest absolute Gasteiger partial charge is 0.300 e. The molecule has 0 saturated heterocycles. The summed E-state index contributed by atoms with van der Waals surface area (Å²) in [6.45, 7) is 10.3. The predicted octanol–water partition coefficient (Wildman–Crippen LogP) is 3.43. The topological polar surface area (TPSA) is 53.4 Å². The van der Waals surface area contributed by atoms with E-state index in [1.165, 1.54) is 30.0 Å². The van der Waals surface area contributed by atoms with Crippen LogP contribution in [0.25, 0.3) is 0 Å². The quantitative estimate of drug-likeness (QED) is 0.847. The van der Waals surface area contributed by atoms with Crippen LogP contribution in [0, 0.1) is 0 Å². The van der Waals surface area contributed by atoms with Gasteiger partial charge in [0.05, 0.1) is 6.54 Å². The van der Waals surface area contributed by atoms with Crippen molar-refractivity contribution in [2.24, 2.45) is 0 Å². The molecule has 0 bridgehead atoms. The molecule has 1 aliphatic carbocycles. The third-order valence-electron chi connectivity index (χ3n) is 5.78. The van der Waals surface area contributed by atoms with E-state index in [0.717, 1.165) is 5.75 Å². The summed E-state index contributed by atoms with van der Waals surface area (Å²) in [7, 11) is 0. The second-order valence-corrected chi connectivity index (χ2v) is 8.73. The molecular formula is C21H26N2O3. The number of benzene rings is 1. The zero-order valence-electron chi connectivity index (χ0n) is 15.9. The Kier molecular flexibility index (Phi) is 3.86. The molecule has 5 heteroatoms. The molecule has 1 aliphatic heterocycles. The largest absolute Gasteiger partial charge is 0.490 e. The summed E-state index contributed by atoms with van der Waals surface area (Å²) < 4.78 is 13.6. The summed E-state index contributed by atoms with van der Waals surface area (Å²) in [6, 6.07) is 8.30. The Morgan fingerprint density at radius 1 is 1.15 bits per heavy atom. The van der Waals surface area contributed by atoms with Gasteiger partial charge < -0.3 is 9.47 Å². The van der Waals surface area contributed by atoms with Crippen LogP contribution < -0.4 is 15.0 Å². The molecule has 2 heterocycles. The van der Waals surface area contributed by atoms with E-state index in [9.17, 15) is 4.79 Å². The van der Waals surface area contributed by atoms with Crippen molar-refractivity contribution in [3.05, 3.63) is 51.9 Å². The fourth-order valence-electron chi connectivity index (χ4n) is 3.99. The average Bonchev–Trinajstić information content (AvgIpc) is 2.99. The normalized spacial score (nSPS) is 22.2. The molecule has 5 nitrogen and oxygen atoms in total. The molecule has 2 aromatic rings. The summed E-state index contributed by atoms with van der Waals surface area (Å²) in [5, 5.41) is 0. The predicted molar refractivity (Wildman–Crippen MR) is 100 cm³/mol. The number of rotatable bonds is 3. The highest BCUT2D eigenvalue weighted by Gasteiger charge is 2.37. The van der Waals surface area contributed by atoms with Crippen molar-refractivity contribution in [3.63, 3.8) is 0 Å². The summed E-state index contributed by atoms with van der Waals surface area (Å²) in [4.78, 5) is 15.2. The van der Waals surface area contributed by atoms with Crippen molar-refractivity contribution in [3.8, 4) is 11.8 Å². The number of fused-ring (bicyclic) bond motifs is 2. The van der Waals surface area contributed by atoms with Crippen LogP contribution >= 0.6 is 0 Å². The molecule has 0 radical (unpaired) electrons. The maximum absolute atomic E-state index is 11.3. The Balaban J connectivity index is 1.50. The summed E-state index contributed by atoms with van der Waals surface area (Å²) >= 11 is 0. The monoisotopic (exact) mass is 354 g/mol. The first kappa shape index (κ1) is 17.1. The molecular weight excluding hydrogens is 328 g/mol. The van der Waals surface area contributed by atoms with E-state index in [0.29, 0.717) is 19.2 Å². The molecule has 1 aromatic heterocycles. The first-order valence-electron chi connectivity index (χ1n) is 9.27. The van der Waals surface area contributed by atoms with E-state index in [-0.39, 0.29) is 22.5 Å². The van der Waals surface area contributed by atoms with E-state index >= 15 is 0 Å². The van der Waals surface area contributed by atoms with Crippen LogP contribution in [0.5, 0.6) is 11.8 Å². The van der Waals surface area contributed by atoms with Crippen LogP contribution in [0.3, 0.4) is 0 Å². The van der Waals surface area contributed by atoms with Crippen molar-refractivity contribution in [1.82, 2.24) is 9.55 Å². The zero-order chi connectivity index (χ0) is 18.5. The maximum atomic E-state index is 11.3. The van der Waals surface area contributed by atoms with Crippen molar-refractivity contribution < 1.29 is 9.47 Å². The standard InChI is InChI=1S/C21H26N2O3/c1-20(2)8-9-21(3,4)17-11-14(5-6-16(17)20)25-13-15-12-23-10-7-18(24)22-19(23)26-15/h5-7,10-11,15H,8-9,12-13H2,1-4H3/t15-/m0/s1. The number of ether oxygens (including phenoxy) is 2. The van der Waals surface area contributed by atoms with E-state index in [1.54, 1.807) is 6.20 Å². The van der Waals surface area contributed by atoms with E-state index in [4.69, 9.17) is 9.47 Å². The maximum Gasteiger partial charge on any atom is 0.300 e. The molecule has 1 atom stereocenters. The summed E-state index contributed by atoms with van der Waals surface area (Å²) in [6.07, 6.45) is 3.96. The van der Waals surface area contributed by atoms with Gasteiger partial charge in [0, 0.05) is 12.3 Å². The lowest BCUT2D eigenvalue weighted by atomic mass is 9.63. The minimum atomic E-state index is -0.280. The molecule has 0 unspecified atom stereocenters. The van der Waals surface area contributed by atoms with Gasteiger partial charge in [-0.15, -0.1) is 0 Å². The Morgan fingerprint density at radius 3 is 2.65 bits per heavy atom. The van der Waals surface area contributed by atoms with Crippen LogP contribution in [-0.4, -0.2) is 22.3 Å². The Morgan fingerprint density at radius 2 is 1.88 bits per heavy atom. The van der Waals surface area contributed by atoms with Crippen LogP contribution in [0.15, 0.2) is 35.3 Å². The highest BCUT2D eigenvalue weighted by Crippen LogP contribution is 2.46. The van der Waals surface area contributed by atoms with E-state index in [1.807, 2.05) is 4.57 Å². The number of nitrogens with zero attached hydrogens (tertiary/aromatic N) is 2. The SMILES string of the molecule is CC1(C)CCC(C)(C)c2cc(OC[C@@H]3Cn4ccc(=O)nc4O3)ccc21. The highest BCUT2D eigenvalue weighted by molar-refractivity contribution is 5.45. The fourth-order valence-corrected chi connectivity index (χ4v) is 3.99. The third-order valence-corrected chi connectivity index (χ3v) is 5.78. The molecule has 0 saturated carbocycles. The van der Waals surface area contributed by atoms with Gasteiger partial charge in [-0.05, 0) is 46.9 Å². The zero-order valence-corrected chi connectivity index (χ0v) is 15.9. The molecule has 26 heavy (non-hydrogen) atoms. The first-order chi connectivity index (χ1) is 12.2. The Labute approximate surface area is 154 Å². The lowest BCUT2D eigenvalue weighted by Gasteiger charge is -2.41. The van der Waals surface area contributed by atoms with Gasteiger partial charge in [0.15, 0.2) is 6.10 Å². The number of hydrogen-bond donors (Lipinski definition) is 0. The molecule has 2 aliphatic rings. The fraction of sp³-hybridized carbons (Fsp3) is 0.524. The van der Waals surface area contributed by atoms with Crippen LogP contribution in [0.1, 0.15) is 51.7 Å². The minimum absolute atomic E-state index is 0.134. The van der Waals surface area contributed by atoms with Crippen molar-refractivity contribution in [1.29, 1.82) is 0 Å². The van der Waals surface area contributed by atoms with Gasteiger partial charge in [-0.2, -0.15) is 4.98 Å². The van der Waals surface area contributed by atoms with Crippen molar-refractivity contribution in [2.75, 3.05) is 6.61 Å². The molecule has 1 aromatic carbocycles. The number of aromatic nitrogens is 2. The molecule has 4 rings (SSSR count). The minimum Gasteiger partial charge on any atom is -0.490 e. The second kappa shape index (κ2) is 5.86. The van der Waals surface area contributed by atoms with Crippen molar-refractivity contribution >= 4 is 0 Å². The van der Waals surface area contributed by atoms with Gasteiger partial charge >= 0.3 is 0 Å².